The average molecular weight is 292 g/mol. The van der Waals surface area contributed by atoms with Gasteiger partial charge in [-0.3, -0.25) is 14.5 Å². The van der Waals surface area contributed by atoms with Gasteiger partial charge in [-0.1, -0.05) is 6.92 Å². The number of benzene rings is 1. The Bertz CT molecular complexity index is 501. The molecule has 1 aromatic carbocycles. The van der Waals surface area contributed by atoms with E-state index in [0.29, 0.717) is 18.8 Å². The molecule has 0 spiro atoms. The highest BCUT2D eigenvalue weighted by molar-refractivity contribution is 5.94. The molecule has 1 atom stereocenters. The van der Waals surface area contributed by atoms with Crippen LogP contribution in [0.5, 0.6) is 5.75 Å². The Labute approximate surface area is 124 Å². The summed E-state index contributed by atoms with van der Waals surface area (Å²) in [4.78, 5) is 25.8. The standard InChI is InChI=1S/C15H20N2O4/c1-3-17-8-9-21-15(19)13(17)10-14(18)16-11-4-6-12(20-2)7-5-11/h4-7,13H,3,8-10H2,1-2H3,(H,16,18)/t13-/m0/s1. The summed E-state index contributed by atoms with van der Waals surface area (Å²) < 4.78 is 10.1. The van der Waals surface area contributed by atoms with Crippen LogP contribution in [0.1, 0.15) is 13.3 Å². The summed E-state index contributed by atoms with van der Waals surface area (Å²) >= 11 is 0. The zero-order chi connectivity index (χ0) is 15.2. The third kappa shape index (κ3) is 3.95. The van der Waals surface area contributed by atoms with Crippen molar-refractivity contribution in [2.45, 2.75) is 19.4 Å². The van der Waals surface area contributed by atoms with Crippen LogP contribution in [0.3, 0.4) is 0 Å². The van der Waals surface area contributed by atoms with Crippen LogP contribution in [0.2, 0.25) is 0 Å². The van der Waals surface area contributed by atoms with Gasteiger partial charge in [-0.05, 0) is 30.8 Å². The van der Waals surface area contributed by atoms with Crippen LogP contribution < -0.4 is 10.1 Å². The molecule has 6 heteroatoms. The van der Waals surface area contributed by atoms with Gasteiger partial charge in [0.2, 0.25) is 5.91 Å². The van der Waals surface area contributed by atoms with E-state index in [1.54, 1.807) is 31.4 Å². The predicted octanol–water partition coefficient (Wildman–Crippen LogP) is 1.27. The number of nitrogens with one attached hydrogen (secondary N) is 1. The summed E-state index contributed by atoms with van der Waals surface area (Å²) in [6.45, 7) is 3.74. The van der Waals surface area contributed by atoms with Crippen molar-refractivity contribution in [2.24, 2.45) is 0 Å². The van der Waals surface area contributed by atoms with Gasteiger partial charge in [-0.15, -0.1) is 0 Å². The van der Waals surface area contributed by atoms with E-state index in [4.69, 9.17) is 9.47 Å². The van der Waals surface area contributed by atoms with Gasteiger partial charge in [-0.25, -0.2) is 0 Å². The van der Waals surface area contributed by atoms with Crippen molar-refractivity contribution in [2.75, 3.05) is 32.1 Å². The summed E-state index contributed by atoms with van der Waals surface area (Å²) in [5, 5.41) is 2.78. The molecule has 0 bridgehead atoms. The first kappa shape index (κ1) is 15.3. The van der Waals surface area contributed by atoms with Crippen LogP contribution in [0.25, 0.3) is 0 Å². The predicted molar refractivity (Wildman–Crippen MR) is 78.2 cm³/mol. The molecule has 1 aromatic rings. The highest BCUT2D eigenvalue weighted by Gasteiger charge is 2.32. The molecule has 1 saturated heterocycles. The van der Waals surface area contributed by atoms with Crippen molar-refractivity contribution in [3.05, 3.63) is 24.3 Å². The number of ether oxygens (including phenoxy) is 2. The second-order valence-corrected chi connectivity index (χ2v) is 4.79. The summed E-state index contributed by atoms with van der Waals surface area (Å²) in [6, 6.07) is 6.55. The van der Waals surface area contributed by atoms with Crippen molar-refractivity contribution in [3.8, 4) is 5.75 Å². The van der Waals surface area contributed by atoms with E-state index >= 15 is 0 Å². The molecule has 0 unspecified atom stereocenters. The lowest BCUT2D eigenvalue weighted by Gasteiger charge is -2.32. The maximum absolute atomic E-state index is 12.1. The molecular weight excluding hydrogens is 272 g/mol. The lowest BCUT2D eigenvalue weighted by Crippen LogP contribution is -2.50. The van der Waals surface area contributed by atoms with Crippen LogP contribution in [-0.2, 0) is 14.3 Å². The summed E-state index contributed by atoms with van der Waals surface area (Å²) in [7, 11) is 1.58. The SMILES string of the molecule is CCN1CCOC(=O)[C@@H]1CC(=O)Nc1ccc(OC)cc1. The Hall–Kier alpha value is -2.08. The van der Waals surface area contributed by atoms with E-state index < -0.39 is 6.04 Å². The van der Waals surface area contributed by atoms with Gasteiger partial charge in [0.15, 0.2) is 0 Å². The fourth-order valence-corrected chi connectivity index (χ4v) is 2.32. The number of anilines is 1. The number of esters is 1. The number of amides is 1. The highest BCUT2D eigenvalue weighted by atomic mass is 16.5. The number of rotatable bonds is 5. The van der Waals surface area contributed by atoms with Crippen molar-refractivity contribution >= 4 is 17.6 Å². The molecule has 0 aliphatic carbocycles. The third-order valence-electron chi connectivity index (χ3n) is 3.49. The third-order valence-corrected chi connectivity index (χ3v) is 3.49. The zero-order valence-electron chi connectivity index (χ0n) is 12.3. The number of nitrogens with zero attached hydrogens (tertiary/aromatic N) is 1. The van der Waals surface area contributed by atoms with Crippen LogP contribution >= 0.6 is 0 Å². The number of carbonyl (C=O) groups is 2. The number of likely N-dealkylation sites (N-methyl/N-ethyl adjacent to an activating group) is 1. The van der Waals surface area contributed by atoms with Crippen LogP contribution in [0.15, 0.2) is 24.3 Å². The number of cyclic esters (lactones) is 1. The summed E-state index contributed by atoms with van der Waals surface area (Å²) in [5.74, 6) is 0.191. The fourth-order valence-electron chi connectivity index (χ4n) is 2.32. The van der Waals surface area contributed by atoms with Gasteiger partial charge in [-0.2, -0.15) is 0 Å². The first-order valence-electron chi connectivity index (χ1n) is 6.98. The Morgan fingerprint density at radius 2 is 2.14 bits per heavy atom. The second-order valence-electron chi connectivity index (χ2n) is 4.79. The van der Waals surface area contributed by atoms with Crippen molar-refractivity contribution in [3.63, 3.8) is 0 Å². The number of morpholine rings is 1. The highest BCUT2D eigenvalue weighted by Crippen LogP contribution is 2.17. The number of hydrogen-bond acceptors (Lipinski definition) is 5. The Balaban J connectivity index is 1.94. The van der Waals surface area contributed by atoms with Gasteiger partial charge >= 0.3 is 5.97 Å². The molecule has 1 aliphatic rings. The van der Waals surface area contributed by atoms with Crippen LogP contribution in [0, 0.1) is 0 Å². The molecule has 1 N–H and O–H groups in total. The molecule has 1 aliphatic heterocycles. The monoisotopic (exact) mass is 292 g/mol. The minimum atomic E-state index is -0.498. The Kier molecular flexibility index (Phi) is 5.16. The molecule has 114 valence electrons. The molecule has 1 fully saturated rings. The molecule has 1 amide bonds. The normalized spacial score (nSPS) is 19.0. The molecular formula is C15H20N2O4. The van der Waals surface area contributed by atoms with Gasteiger partial charge in [0, 0.05) is 12.2 Å². The molecule has 2 rings (SSSR count). The lowest BCUT2D eigenvalue weighted by molar-refractivity contribution is -0.158. The molecule has 0 aromatic heterocycles. The fraction of sp³-hybridized carbons (Fsp3) is 0.467. The van der Waals surface area contributed by atoms with Gasteiger partial charge < -0.3 is 14.8 Å². The first-order chi connectivity index (χ1) is 10.1. The Morgan fingerprint density at radius 3 is 2.76 bits per heavy atom. The summed E-state index contributed by atoms with van der Waals surface area (Å²) in [6.07, 6.45) is 0.0959. The Morgan fingerprint density at radius 1 is 1.43 bits per heavy atom. The zero-order valence-corrected chi connectivity index (χ0v) is 12.3. The quantitative estimate of drug-likeness (QED) is 0.828. The van der Waals surface area contributed by atoms with E-state index in [9.17, 15) is 9.59 Å². The minimum Gasteiger partial charge on any atom is -0.497 e. The molecule has 0 radical (unpaired) electrons. The van der Waals surface area contributed by atoms with E-state index in [1.807, 2.05) is 11.8 Å². The van der Waals surface area contributed by atoms with Crippen molar-refractivity contribution in [1.82, 2.24) is 4.90 Å². The summed E-state index contributed by atoms with van der Waals surface area (Å²) in [5.41, 5.74) is 0.674. The lowest BCUT2D eigenvalue weighted by atomic mass is 10.1. The molecule has 6 nitrogen and oxygen atoms in total. The maximum Gasteiger partial charge on any atom is 0.323 e. The van der Waals surface area contributed by atoms with E-state index in [1.165, 1.54) is 0 Å². The second kappa shape index (κ2) is 7.08. The van der Waals surface area contributed by atoms with Gasteiger partial charge in [0.05, 0.1) is 13.5 Å². The van der Waals surface area contributed by atoms with E-state index in [-0.39, 0.29) is 18.3 Å². The largest absolute Gasteiger partial charge is 0.497 e. The van der Waals surface area contributed by atoms with E-state index in [0.717, 1.165) is 12.3 Å². The molecule has 1 heterocycles. The number of hydrogen-bond donors (Lipinski definition) is 1. The van der Waals surface area contributed by atoms with Gasteiger partial charge in [0.1, 0.15) is 18.4 Å². The molecule has 21 heavy (non-hydrogen) atoms. The topological polar surface area (TPSA) is 67.9 Å². The van der Waals surface area contributed by atoms with Crippen molar-refractivity contribution < 1.29 is 19.1 Å². The first-order valence-corrected chi connectivity index (χ1v) is 6.98. The van der Waals surface area contributed by atoms with Crippen molar-refractivity contribution in [1.29, 1.82) is 0 Å². The smallest absolute Gasteiger partial charge is 0.323 e. The van der Waals surface area contributed by atoms with Crippen LogP contribution in [0.4, 0.5) is 5.69 Å². The number of methoxy groups -OCH3 is 1. The van der Waals surface area contributed by atoms with Crippen LogP contribution in [-0.4, -0.2) is 49.6 Å². The minimum absolute atomic E-state index is 0.0959. The van der Waals surface area contributed by atoms with Gasteiger partial charge in [0.25, 0.3) is 0 Å². The maximum atomic E-state index is 12.1. The van der Waals surface area contributed by atoms with E-state index in [2.05, 4.69) is 5.32 Å². The average Bonchev–Trinajstić information content (AvgIpc) is 2.50. The molecule has 0 saturated carbocycles. The number of carbonyl (C=O) groups excluding carboxylic acids is 2.